The Morgan fingerprint density at radius 3 is 2.48 bits per heavy atom. The number of aromatic nitrogens is 1. The predicted octanol–water partition coefficient (Wildman–Crippen LogP) is 1.80. The normalized spacial score (nSPS) is 10.7. The van der Waals surface area contributed by atoms with Gasteiger partial charge in [0.05, 0.1) is 12.7 Å². The van der Waals surface area contributed by atoms with Crippen LogP contribution in [0.5, 0.6) is 0 Å². The van der Waals surface area contributed by atoms with Crippen LogP contribution in [0.25, 0.3) is 0 Å². The maximum absolute atomic E-state index is 11.4. The molecule has 116 valence electrons. The number of hydrogen-bond donors (Lipinski definition) is 2. The fraction of sp³-hybridized carbons (Fsp3) is 0.500. The number of amides is 1. The molecule has 0 saturated carbocycles. The van der Waals surface area contributed by atoms with Crippen LogP contribution in [0.15, 0.2) is 18.3 Å². The first-order chi connectivity index (χ1) is 9.81. The second kappa shape index (κ2) is 7.47. The number of nitrogens with zero attached hydrogens (tertiary/aromatic N) is 1. The minimum atomic E-state index is -0.511. The molecule has 0 saturated heterocycles. The lowest BCUT2D eigenvalue weighted by Crippen LogP contribution is -2.35. The van der Waals surface area contributed by atoms with E-state index in [4.69, 9.17) is 4.74 Å². The molecule has 0 atom stereocenters. The number of carbonyl (C=O) groups is 2. The van der Waals surface area contributed by atoms with Gasteiger partial charge in [0.1, 0.15) is 11.4 Å². The van der Waals surface area contributed by atoms with Gasteiger partial charge in [-0.15, -0.1) is 0 Å². The third kappa shape index (κ3) is 6.60. The van der Waals surface area contributed by atoms with Crippen molar-refractivity contribution in [2.75, 3.05) is 25.5 Å². The van der Waals surface area contributed by atoms with Crippen molar-refractivity contribution in [2.24, 2.45) is 0 Å². The monoisotopic (exact) mass is 295 g/mol. The Morgan fingerprint density at radius 1 is 1.24 bits per heavy atom. The first kappa shape index (κ1) is 16.7. The Morgan fingerprint density at radius 2 is 1.95 bits per heavy atom. The topological polar surface area (TPSA) is 89.6 Å². The number of alkyl carbamates (subject to hydrolysis) is 1. The summed E-state index contributed by atoms with van der Waals surface area (Å²) in [6, 6.07) is 3.28. The Labute approximate surface area is 124 Å². The summed E-state index contributed by atoms with van der Waals surface area (Å²) in [4.78, 5) is 26.7. The molecule has 0 aliphatic rings. The Balaban J connectivity index is 2.30. The lowest BCUT2D eigenvalue weighted by atomic mass is 10.2. The quantitative estimate of drug-likeness (QED) is 0.636. The molecule has 1 aromatic heterocycles. The van der Waals surface area contributed by atoms with E-state index in [2.05, 4.69) is 20.4 Å². The molecule has 0 spiro atoms. The third-order valence-corrected chi connectivity index (χ3v) is 2.28. The zero-order valence-electron chi connectivity index (χ0n) is 12.7. The molecule has 2 N–H and O–H groups in total. The summed E-state index contributed by atoms with van der Waals surface area (Å²) in [5.41, 5.74) is -0.127. The Hall–Kier alpha value is -2.31. The van der Waals surface area contributed by atoms with E-state index in [1.165, 1.54) is 13.3 Å². The molecule has 0 fully saturated rings. The van der Waals surface area contributed by atoms with Crippen LogP contribution in [-0.2, 0) is 9.47 Å². The van der Waals surface area contributed by atoms with Crippen molar-refractivity contribution in [1.29, 1.82) is 0 Å². The van der Waals surface area contributed by atoms with Crippen molar-refractivity contribution < 1.29 is 19.1 Å². The molecule has 0 radical (unpaired) electrons. The minimum Gasteiger partial charge on any atom is -0.465 e. The van der Waals surface area contributed by atoms with E-state index >= 15 is 0 Å². The molecule has 1 amide bonds. The maximum Gasteiger partial charge on any atom is 0.407 e. The highest BCUT2D eigenvalue weighted by Crippen LogP contribution is 2.07. The number of esters is 1. The number of nitrogens with one attached hydrogen (secondary N) is 2. The lowest BCUT2D eigenvalue weighted by molar-refractivity contribution is 0.0528. The van der Waals surface area contributed by atoms with Gasteiger partial charge in [0.25, 0.3) is 0 Å². The second-order valence-corrected chi connectivity index (χ2v) is 5.28. The van der Waals surface area contributed by atoms with Crippen LogP contribution in [0.1, 0.15) is 31.1 Å². The molecule has 0 bridgehead atoms. The number of rotatable bonds is 5. The fourth-order valence-electron chi connectivity index (χ4n) is 1.41. The SMILES string of the molecule is COC(=O)c1ccc(NCCNC(=O)OC(C)(C)C)nc1. The molecule has 0 aliphatic heterocycles. The van der Waals surface area contributed by atoms with Crippen LogP contribution in [0, 0.1) is 0 Å². The molecule has 7 heteroatoms. The van der Waals surface area contributed by atoms with Crippen molar-refractivity contribution in [3.63, 3.8) is 0 Å². The molecular weight excluding hydrogens is 274 g/mol. The molecular formula is C14H21N3O4. The highest BCUT2D eigenvalue weighted by Gasteiger charge is 2.15. The smallest absolute Gasteiger partial charge is 0.407 e. The summed E-state index contributed by atoms with van der Waals surface area (Å²) < 4.78 is 9.68. The van der Waals surface area contributed by atoms with Crippen LogP contribution >= 0.6 is 0 Å². The van der Waals surface area contributed by atoms with Gasteiger partial charge in [0.2, 0.25) is 0 Å². The van der Waals surface area contributed by atoms with Crippen molar-refractivity contribution in [3.05, 3.63) is 23.9 Å². The van der Waals surface area contributed by atoms with Gasteiger partial charge in [-0.05, 0) is 32.9 Å². The van der Waals surface area contributed by atoms with Crippen LogP contribution in [-0.4, -0.2) is 42.8 Å². The van der Waals surface area contributed by atoms with E-state index < -0.39 is 17.7 Å². The van der Waals surface area contributed by atoms with Gasteiger partial charge in [0.15, 0.2) is 0 Å². The number of ether oxygens (including phenoxy) is 2. The first-order valence-corrected chi connectivity index (χ1v) is 6.57. The summed E-state index contributed by atoms with van der Waals surface area (Å²) in [7, 11) is 1.32. The van der Waals surface area contributed by atoms with Crippen molar-refractivity contribution in [3.8, 4) is 0 Å². The van der Waals surface area contributed by atoms with Gasteiger partial charge < -0.3 is 20.1 Å². The Bertz CT molecular complexity index is 480. The third-order valence-electron chi connectivity index (χ3n) is 2.28. The minimum absolute atomic E-state index is 0.384. The number of pyridine rings is 1. The summed E-state index contributed by atoms with van der Waals surface area (Å²) in [6.45, 7) is 6.30. The molecule has 1 heterocycles. The number of carbonyl (C=O) groups excluding carboxylic acids is 2. The lowest BCUT2D eigenvalue weighted by Gasteiger charge is -2.19. The molecule has 1 aromatic rings. The molecule has 0 unspecified atom stereocenters. The summed E-state index contributed by atoms with van der Waals surface area (Å²) in [6.07, 6.45) is 0.966. The molecule has 0 aromatic carbocycles. The molecule has 21 heavy (non-hydrogen) atoms. The second-order valence-electron chi connectivity index (χ2n) is 5.28. The predicted molar refractivity (Wildman–Crippen MR) is 78.3 cm³/mol. The van der Waals surface area contributed by atoms with Crippen LogP contribution in [0.2, 0.25) is 0 Å². The molecule has 7 nitrogen and oxygen atoms in total. The zero-order valence-corrected chi connectivity index (χ0v) is 12.7. The van der Waals surface area contributed by atoms with Gasteiger partial charge in [-0.2, -0.15) is 0 Å². The van der Waals surface area contributed by atoms with Crippen molar-refractivity contribution in [2.45, 2.75) is 26.4 Å². The highest BCUT2D eigenvalue weighted by atomic mass is 16.6. The van der Waals surface area contributed by atoms with Crippen LogP contribution in [0.3, 0.4) is 0 Å². The van der Waals surface area contributed by atoms with Gasteiger partial charge in [-0.25, -0.2) is 14.6 Å². The van der Waals surface area contributed by atoms with Crippen molar-refractivity contribution in [1.82, 2.24) is 10.3 Å². The number of hydrogen-bond acceptors (Lipinski definition) is 6. The standard InChI is InChI=1S/C14H21N3O4/c1-14(2,3)21-13(19)16-8-7-15-11-6-5-10(9-17-11)12(18)20-4/h5-6,9H,7-8H2,1-4H3,(H,15,17)(H,16,19). The molecule has 0 aliphatic carbocycles. The van der Waals surface area contributed by atoms with Crippen molar-refractivity contribution >= 4 is 17.9 Å². The average Bonchev–Trinajstić information content (AvgIpc) is 2.41. The summed E-state index contributed by atoms with van der Waals surface area (Å²) in [5, 5.41) is 5.64. The summed E-state index contributed by atoms with van der Waals surface area (Å²) >= 11 is 0. The van der Waals surface area contributed by atoms with Gasteiger partial charge in [0, 0.05) is 19.3 Å². The number of anilines is 1. The van der Waals surface area contributed by atoms with E-state index in [9.17, 15) is 9.59 Å². The largest absolute Gasteiger partial charge is 0.465 e. The first-order valence-electron chi connectivity index (χ1n) is 6.57. The van der Waals surface area contributed by atoms with E-state index in [-0.39, 0.29) is 0 Å². The Kier molecular flexibility index (Phi) is 5.95. The van der Waals surface area contributed by atoms with Gasteiger partial charge in [-0.3, -0.25) is 0 Å². The summed E-state index contributed by atoms with van der Waals surface area (Å²) in [5.74, 6) is 0.175. The maximum atomic E-state index is 11.4. The van der Waals surface area contributed by atoms with Gasteiger partial charge >= 0.3 is 12.1 Å². The highest BCUT2D eigenvalue weighted by molar-refractivity contribution is 5.89. The van der Waals surface area contributed by atoms with E-state index in [1.54, 1.807) is 32.9 Å². The van der Waals surface area contributed by atoms with Gasteiger partial charge in [-0.1, -0.05) is 0 Å². The van der Waals surface area contributed by atoms with Crippen LogP contribution < -0.4 is 10.6 Å². The van der Waals surface area contributed by atoms with Crippen LogP contribution in [0.4, 0.5) is 10.6 Å². The number of methoxy groups -OCH3 is 1. The molecule has 1 rings (SSSR count). The van der Waals surface area contributed by atoms with E-state index in [0.717, 1.165) is 0 Å². The zero-order chi connectivity index (χ0) is 15.9. The van der Waals surface area contributed by atoms with E-state index in [1.807, 2.05) is 0 Å². The average molecular weight is 295 g/mol. The van der Waals surface area contributed by atoms with E-state index in [0.29, 0.717) is 24.5 Å². The fourth-order valence-corrected chi connectivity index (χ4v) is 1.41.